The third-order valence-corrected chi connectivity index (χ3v) is 10.5. The summed E-state index contributed by atoms with van der Waals surface area (Å²) in [5, 5.41) is 19.9. The van der Waals surface area contributed by atoms with Crippen molar-refractivity contribution in [1.82, 2.24) is 0 Å². The molecule has 0 amide bonds. The normalized spacial score (nSPS) is 21.6. The smallest absolute Gasteiger partial charge is 0.325 e. The number of sulfone groups is 2. The highest BCUT2D eigenvalue weighted by atomic mass is 32.3. The van der Waals surface area contributed by atoms with Gasteiger partial charge in [0.25, 0.3) is 10.1 Å². The van der Waals surface area contributed by atoms with Crippen molar-refractivity contribution in [3.8, 4) is 11.5 Å². The number of anilines is 1. The van der Waals surface area contributed by atoms with Gasteiger partial charge in [-0.05, 0) is 29.8 Å². The number of carbonyl (C=O) groups excluding carboxylic acids is 2. The molecule has 0 aromatic heterocycles. The number of rotatable bonds is 7. The predicted molar refractivity (Wildman–Crippen MR) is 131 cm³/mol. The van der Waals surface area contributed by atoms with Crippen LogP contribution in [0.15, 0.2) is 47.6 Å². The maximum Gasteiger partial charge on any atom is 0.325 e. The molecule has 1 fully saturated rings. The standard InChI is InChI=1S/C21H21N3O12S2/c1-34-13-8-9-14(15(10-13)24(28)29)22-23-21-37(30,31)17(19(26)35-2)16(11-4-6-12(25)7-5-11)18(20(27)36-3)38(21,32)33/h4-10,16-18,22,25H,1-3H3/t16?,17-,18-/m1/s1. The third kappa shape index (κ3) is 4.97. The predicted octanol–water partition coefficient (Wildman–Crippen LogP) is 0.702. The van der Waals surface area contributed by atoms with Crippen LogP contribution in [0.25, 0.3) is 0 Å². The largest absolute Gasteiger partial charge is 0.508 e. The Morgan fingerprint density at radius 2 is 1.47 bits per heavy atom. The van der Waals surface area contributed by atoms with Gasteiger partial charge in [-0.3, -0.25) is 25.1 Å². The second kappa shape index (κ2) is 10.6. The number of hydrazone groups is 1. The van der Waals surface area contributed by atoms with Crippen LogP contribution in [0.5, 0.6) is 11.5 Å². The van der Waals surface area contributed by atoms with Crippen LogP contribution in [0.2, 0.25) is 0 Å². The van der Waals surface area contributed by atoms with Crippen molar-refractivity contribution in [2.75, 3.05) is 26.8 Å². The van der Waals surface area contributed by atoms with Crippen molar-refractivity contribution in [1.29, 1.82) is 0 Å². The number of ether oxygens (including phenoxy) is 3. The van der Waals surface area contributed by atoms with E-state index in [1.54, 1.807) is 0 Å². The van der Waals surface area contributed by atoms with Gasteiger partial charge in [0.2, 0.25) is 19.7 Å². The molecule has 1 heterocycles. The van der Waals surface area contributed by atoms with Gasteiger partial charge < -0.3 is 19.3 Å². The van der Waals surface area contributed by atoms with Gasteiger partial charge >= 0.3 is 11.9 Å². The lowest BCUT2D eigenvalue weighted by molar-refractivity contribution is -0.384. The molecule has 2 N–H and O–H groups in total. The van der Waals surface area contributed by atoms with Crippen molar-refractivity contribution in [2.24, 2.45) is 5.10 Å². The Morgan fingerprint density at radius 3 is 1.92 bits per heavy atom. The molecule has 0 saturated carbocycles. The summed E-state index contributed by atoms with van der Waals surface area (Å²) >= 11 is 0. The van der Waals surface area contributed by atoms with Crippen LogP contribution in [-0.4, -0.2) is 75.0 Å². The molecule has 38 heavy (non-hydrogen) atoms. The minimum absolute atomic E-state index is 0.0704. The molecule has 15 nitrogen and oxygen atoms in total. The van der Waals surface area contributed by atoms with E-state index in [0.717, 1.165) is 50.6 Å². The van der Waals surface area contributed by atoms with Gasteiger partial charge in [-0.15, -0.1) is 0 Å². The zero-order valence-corrected chi connectivity index (χ0v) is 21.6. The first kappa shape index (κ1) is 28.3. The summed E-state index contributed by atoms with van der Waals surface area (Å²) in [7, 11) is -7.48. The number of hydrogen-bond acceptors (Lipinski definition) is 14. The molecule has 2 aromatic carbocycles. The number of hydrogen-bond donors (Lipinski definition) is 2. The lowest BCUT2D eigenvalue weighted by atomic mass is 9.91. The zero-order valence-electron chi connectivity index (χ0n) is 19.9. The number of nitro benzene ring substituents is 1. The van der Waals surface area contributed by atoms with Gasteiger partial charge in [-0.2, -0.15) is 5.10 Å². The third-order valence-electron chi connectivity index (χ3n) is 5.62. The van der Waals surface area contributed by atoms with Crippen LogP contribution in [0.1, 0.15) is 11.5 Å². The first-order valence-electron chi connectivity index (χ1n) is 10.4. The summed E-state index contributed by atoms with van der Waals surface area (Å²) in [5.74, 6) is -4.86. The first-order chi connectivity index (χ1) is 17.8. The van der Waals surface area contributed by atoms with E-state index in [1.807, 2.05) is 5.43 Å². The minimum Gasteiger partial charge on any atom is -0.508 e. The number of nitrogens with one attached hydrogen (secondary N) is 1. The molecule has 1 aliphatic heterocycles. The molecule has 1 saturated heterocycles. The monoisotopic (exact) mass is 571 g/mol. The Bertz CT molecular complexity index is 1460. The van der Waals surface area contributed by atoms with Crippen molar-refractivity contribution >= 4 is 47.4 Å². The van der Waals surface area contributed by atoms with Crippen LogP contribution in [0.4, 0.5) is 11.4 Å². The molecule has 3 rings (SSSR count). The number of esters is 2. The van der Waals surface area contributed by atoms with Crippen LogP contribution in [-0.2, 0) is 38.7 Å². The van der Waals surface area contributed by atoms with Gasteiger partial charge in [0.1, 0.15) is 17.2 Å². The molecule has 0 unspecified atom stereocenters. The maximum atomic E-state index is 13.6. The van der Waals surface area contributed by atoms with E-state index in [4.69, 9.17) is 4.74 Å². The number of carbonyl (C=O) groups is 2. The van der Waals surface area contributed by atoms with Gasteiger partial charge in [-0.1, -0.05) is 12.1 Å². The average molecular weight is 572 g/mol. The van der Waals surface area contributed by atoms with E-state index in [9.17, 15) is 41.6 Å². The number of benzene rings is 2. The second-order valence-corrected chi connectivity index (χ2v) is 12.0. The molecule has 2 atom stereocenters. The topological polar surface area (TPSA) is 218 Å². The van der Waals surface area contributed by atoms with Crippen LogP contribution >= 0.6 is 0 Å². The lowest BCUT2D eigenvalue weighted by Crippen LogP contribution is -2.58. The summed E-state index contributed by atoms with van der Waals surface area (Å²) in [6.07, 6.45) is 0. The molecule has 0 bridgehead atoms. The molecule has 0 radical (unpaired) electrons. The second-order valence-electron chi connectivity index (χ2n) is 7.72. The molecular formula is C21H21N3O12S2. The average Bonchev–Trinajstić information content (AvgIpc) is 2.87. The molecule has 2 aromatic rings. The fourth-order valence-electron chi connectivity index (χ4n) is 3.87. The van der Waals surface area contributed by atoms with Gasteiger partial charge in [0.05, 0.1) is 32.3 Å². The number of phenols is 1. The van der Waals surface area contributed by atoms with Gasteiger partial charge in [-0.25, -0.2) is 16.8 Å². The Labute approximate surface area is 216 Å². The van der Waals surface area contributed by atoms with Gasteiger partial charge in [0, 0.05) is 5.92 Å². The number of nitro groups is 1. The Kier molecular flexibility index (Phi) is 7.92. The van der Waals surface area contributed by atoms with Crippen molar-refractivity contribution in [3.05, 3.63) is 58.1 Å². The SMILES string of the molecule is COC(=O)[C@H]1C(c2ccc(O)cc2)[C@H](C(=O)OC)S(=O)(=O)C(=NNc2ccc(OC)cc2[N+](=O)[O-])S1(=O)=O. The van der Waals surface area contributed by atoms with Crippen molar-refractivity contribution in [3.63, 3.8) is 0 Å². The fourth-order valence-corrected chi connectivity index (χ4v) is 8.76. The Morgan fingerprint density at radius 1 is 0.947 bits per heavy atom. The molecule has 0 aliphatic carbocycles. The zero-order chi connectivity index (χ0) is 28.4. The number of aromatic hydroxyl groups is 1. The molecule has 1 aliphatic rings. The van der Waals surface area contributed by atoms with Crippen LogP contribution in [0.3, 0.4) is 0 Å². The van der Waals surface area contributed by atoms with Crippen LogP contribution in [0, 0.1) is 10.1 Å². The first-order valence-corrected chi connectivity index (χ1v) is 13.5. The summed E-state index contributed by atoms with van der Waals surface area (Å²) in [4.78, 5) is 36.1. The minimum atomic E-state index is -5.22. The Hall–Kier alpha value is -4.25. The highest BCUT2D eigenvalue weighted by Crippen LogP contribution is 2.41. The molecule has 0 spiro atoms. The summed E-state index contributed by atoms with van der Waals surface area (Å²) in [6.45, 7) is 0. The highest BCUT2D eigenvalue weighted by molar-refractivity contribution is 8.32. The van der Waals surface area contributed by atoms with E-state index < -0.39 is 68.7 Å². The van der Waals surface area contributed by atoms with E-state index >= 15 is 0 Å². The maximum absolute atomic E-state index is 13.6. The molecule has 204 valence electrons. The summed E-state index contributed by atoms with van der Waals surface area (Å²) in [6, 6.07) is 7.79. The molecular weight excluding hydrogens is 550 g/mol. The van der Waals surface area contributed by atoms with Crippen molar-refractivity contribution in [2.45, 2.75) is 16.4 Å². The van der Waals surface area contributed by atoms with E-state index in [-0.39, 0.29) is 17.1 Å². The van der Waals surface area contributed by atoms with Crippen molar-refractivity contribution < 1.29 is 50.7 Å². The van der Waals surface area contributed by atoms with Crippen LogP contribution < -0.4 is 10.2 Å². The van der Waals surface area contributed by atoms with E-state index in [1.165, 1.54) is 13.2 Å². The number of phenolic OH excluding ortho intramolecular Hbond substituents is 1. The summed E-state index contributed by atoms with van der Waals surface area (Å²) < 4.78 is 66.8. The van der Waals surface area contributed by atoms with E-state index in [0.29, 0.717) is 0 Å². The highest BCUT2D eigenvalue weighted by Gasteiger charge is 2.63. The fraction of sp³-hybridized carbons (Fsp3) is 0.286. The quantitative estimate of drug-likeness (QED) is 0.266. The van der Waals surface area contributed by atoms with Gasteiger partial charge in [0.15, 0.2) is 10.5 Å². The van der Waals surface area contributed by atoms with E-state index in [2.05, 4.69) is 14.6 Å². The number of nitrogens with zero attached hydrogens (tertiary/aromatic N) is 2. The molecule has 17 heteroatoms. The lowest BCUT2D eigenvalue weighted by Gasteiger charge is -2.35. The number of methoxy groups -OCH3 is 3. The summed E-state index contributed by atoms with van der Waals surface area (Å²) in [5.41, 5.74) is 0.865. The Balaban J connectivity index is 2.28.